The summed E-state index contributed by atoms with van der Waals surface area (Å²) in [7, 11) is 0. The summed E-state index contributed by atoms with van der Waals surface area (Å²) in [6.45, 7) is 0. The lowest BCUT2D eigenvalue weighted by Gasteiger charge is -1.98. The minimum Gasteiger partial charge on any atom is -0.274 e. The Balaban J connectivity index is 2.34. The standard InChI is InChI=1S/C12H9N3O/c16-12-10-7-4-8-13-11(10)14-15(12)9-5-2-1-3-6-9/h1-8H,(H,13,14). The van der Waals surface area contributed by atoms with Gasteiger partial charge in [0.1, 0.15) is 0 Å². The lowest BCUT2D eigenvalue weighted by Crippen LogP contribution is -2.13. The van der Waals surface area contributed by atoms with Gasteiger partial charge in [0.2, 0.25) is 0 Å². The fraction of sp³-hybridized carbons (Fsp3) is 0. The van der Waals surface area contributed by atoms with E-state index < -0.39 is 0 Å². The number of benzene rings is 1. The van der Waals surface area contributed by atoms with Gasteiger partial charge in [0.25, 0.3) is 5.56 Å². The maximum atomic E-state index is 12.0. The summed E-state index contributed by atoms with van der Waals surface area (Å²) in [6.07, 6.45) is 1.66. The number of hydrogen-bond donors (Lipinski definition) is 1. The average Bonchev–Trinajstić information content (AvgIpc) is 2.69. The predicted molar refractivity (Wildman–Crippen MR) is 61.7 cm³/mol. The first-order chi connectivity index (χ1) is 7.86. The quantitative estimate of drug-likeness (QED) is 0.666. The molecule has 1 aromatic carbocycles. The summed E-state index contributed by atoms with van der Waals surface area (Å²) in [5.41, 5.74) is 1.34. The molecule has 0 aliphatic carbocycles. The Morgan fingerprint density at radius 3 is 2.62 bits per heavy atom. The van der Waals surface area contributed by atoms with Crippen LogP contribution in [0.5, 0.6) is 0 Å². The molecule has 0 aliphatic rings. The molecule has 0 atom stereocenters. The van der Waals surface area contributed by atoms with Crippen LogP contribution in [0.2, 0.25) is 0 Å². The van der Waals surface area contributed by atoms with Crippen molar-refractivity contribution in [2.45, 2.75) is 0 Å². The minimum atomic E-state index is -0.0747. The fourth-order valence-electron chi connectivity index (χ4n) is 1.70. The molecule has 0 spiro atoms. The Morgan fingerprint density at radius 1 is 1.06 bits per heavy atom. The second-order valence-electron chi connectivity index (χ2n) is 3.49. The lowest BCUT2D eigenvalue weighted by atomic mass is 10.3. The molecule has 3 aromatic rings. The molecule has 4 nitrogen and oxygen atoms in total. The fourth-order valence-corrected chi connectivity index (χ4v) is 1.70. The van der Waals surface area contributed by atoms with E-state index >= 15 is 0 Å². The third kappa shape index (κ3) is 1.24. The van der Waals surface area contributed by atoms with Crippen molar-refractivity contribution < 1.29 is 0 Å². The van der Waals surface area contributed by atoms with Crippen LogP contribution in [0.4, 0.5) is 0 Å². The third-order valence-corrected chi connectivity index (χ3v) is 2.47. The van der Waals surface area contributed by atoms with Gasteiger partial charge in [-0.3, -0.25) is 9.89 Å². The number of pyridine rings is 1. The van der Waals surface area contributed by atoms with Gasteiger partial charge >= 0.3 is 0 Å². The molecule has 0 radical (unpaired) electrons. The van der Waals surface area contributed by atoms with E-state index in [4.69, 9.17) is 0 Å². The Hall–Kier alpha value is -2.36. The molecular formula is C12H9N3O. The zero-order valence-corrected chi connectivity index (χ0v) is 8.42. The molecule has 0 amide bonds. The molecule has 4 heteroatoms. The number of aromatic amines is 1. The molecule has 1 N–H and O–H groups in total. The zero-order chi connectivity index (χ0) is 11.0. The van der Waals surface area contributed by atoms with E-state index in [-0.39, 0.29) is 5.56 Å². The topological polar surface area (TPSA) is 50.7 Å². The highest BCUT2D eigenvalue weighted by Crippen LogP contribution is 2.07. The van der Waals surface area contributed by atoms with Gasteiger partial charge < -0.3 is 0 Å². The van der Waals surface area contributed by atoms with Crippen LogP contribution in [0.1, 0.15) is 0 Å². The van der Waals surface area contributed by atoms with Crippen molar-refractivity contribution in [1.29, 1.82) is 0 Å². The van der Waals surface area contributed by atoms with Crippen LogP contribution in [-0.2, 0) is 0 Å². The molecule has 0 bridgehead atoms. The summed E-state index contributed by atoms with van der Waals surface area (Å²) >= 11 is 0. The van der Waals surface area contributed by atoms with E-state index in [1.54, 1.807) is 18.3 Å². The van der Waals surface area contributed by atoms with Gasteiger partial charge in [0.15, 0.2) is 5.65 Å². The van der Waals surface area contributed by atoms with E-state index in [2.05, 4.69) is 10.1 Å². The van der Waals surface area contributed by atoms with E-state index in [9.17, 15) is 4.79 Å². The minimum absolute atomic E-state index is 0.0747. The Labute approximate surface area is 91.2 Å². The van der Waals surface area contributed by atoms with Crippen LogP contribution < -0.4 is 5.56 Å². The number of rotatable bonds is 1. The van der Waals surface area contributed by atoms with Gasteiger partial charge in [-0.2, -0.15) is 0 Å². The van der Waals surface area contributed by atoms with Crippen molar-refractivity contribution >= 4 is 11.0 Å². The lowest BCUT2D eigenvalue weighted by molar-refractivity contribution is 0.858. The molecule has 3 rings (SSSR count). The molecule has 0 aliphatic heterocycles. The van der Waals surface area contributed by atoms with E-state index in [0.717, 1.165) is 5.69 Å². The van der Waals surface area contributed by atoms with Crippen molar-refractivity contribution in [3.05, 3.63) is 59.0 Å². The summed E-state index contributed by atoms with van der Waals surface area (Å²) in [4.78, 5) is 16.1. The summed E-state index contributed by atoms with van der Waals surface area (Å²) < 4.78 is 1.50. The van der Waals surface area contributed by atoms with Crippen molar-refractivity contribution in [2.75, 3.05) is 0 Å². The van der Waals surface area contributed by atoms with E-state index in [1.165, 1.54) is 4.68 Å². The second kappa shape index (κ2) is 3.34. The largest absolute Gasteiger partial charge is 0.280 e. The zero-order valence-electron chi connectivity index (χ0n) is 8.42. The SMILES string of the molecule is O=c1c2cccnc2[nH]n1-c1ccccc1. The van der Waals surface area contributed by atoms with Crippen molar-refractivity contribution in [2.24, 2.45) is 0 Å². The van der Waals surface area contributed by atoms with Crippen LogP contribution in [-0.4, -0.2) is 14.8 Å². The van der Waals surface area contributed by atoms with Crippen LogP contribution in [0.25, 0.3) is 16.7 Å². The smallest absolute Gasteiger partial charge is 0.274 e. The maximum absolute atomic E-state index is 12.0. The van der Waals surface area contributed by atoms with E-state index in [0.29, 0.717) is 11.0 Å². The number of aromatic nitrogens is 3. The highest BCUT2D eigenvalue weighted by Gasteiger charge is 2.07. The molecule has 0 fully saturated rings. The first-order valence-electron chi connectivity index (χ1n) is 4.97. The van der Waals surface area contributed by atoms with Gasteiger partial charge in [-0.15, -0.1) is 0 Å². The number of hydrogen-bond acceptors (Lipinski definition) is 2. The molecule has 16 heavy (non-hydrogen) atoms. The third-order valence-electron chi connectivity index (χ3n) is 2.47. The van der Waals surface area contributed by atoms with Crippen LogP contribution in [0.3, 0.4) is 0 Å². The number of para-hydroxylation sites is 1. The van der Waals surface area contributed by atoms with Gasteiger partial charge in [-0.1, -0.05) is 18.2 Å². The van der Waals surface area contributed by atoms with Crippen molar-refractivity contribution in [3.8, 4) is 5.69 Å². The van der Waals surface area contributed by atoms with E-state index in [1.807, 2.05) is 30.3 Å². The number of fused-ring (bicyclic) bond motifs is 1. The highest BCUT2D eigenvalue weighted by molar-refractivity contribution is 5.73. The van der Waals surface area contributed by atoms with Crippen molar-refractivity contribution in [3.63, 3.8) is 0 Å². The van der Waals surface area contributed by atoms with Gasteiger partial charge in [-0.05, 0) is 24.3 Å². The molecule has 2 heterocycles. The number of H-pyrrole nitrogens is 1. The summed E-state index contributed by atoms with van der Waals surface area (Å²) in [6, 6.07) is 13.0. The Bertz CT molecular complexity index is 682. The number of nitrogens with zero attached hydrogens (tertiary/aromatic N) is 2. The second-order valence-corrected chi connectivity index (χ2v) is 3.49. The average molecular weight is 211 g/mol. The predicted octanol–water partition coefficient (Wildman–Crippen LogP) is 1.71. The monoisotopic (exact) mass is 211 g/mol. The summed E-state index contributed by atoms with van der Waals surface area (Å²) in [5.74, 6) is 0. The molecule has 0 unspecified atom stereocenters. The number of nitrogens with one attached hydrogen (secondary N) is 1. The molecule has 78 valence electrons. The summed E-state index contributed by atoms with van der Waals surface area (Å²) in [5, 5.41) is 3.58. The maximum Gasteiger partial charge on any atom is 0.280 e. The molecule has 2 aromatic heterocycles. The highest BCUT2D eigenvalue weighted by atomic mass is 16.1. The van der Waals surface area contributed by atoms with Crippen LogP contribution in [0, 0.1) is 0 Å². The first-order valence-corrected chi connectivity index (χ1v) is 4.97. The van der Waals surface area contributed by atoms with Crippen LogP contribution in [0.15, 0.2) is 53.5 Å². The first kappa shape index (κ1) is 8.91. The molecular weight excluding hydrogens is 202 g/mol. The van der Waals surface area contributed by atoms with Gasteiger partial charge in [-0.25, -0.2) is 9.67 Å². The van der Waals surface area contributed by atoms with Gasteiger partial charge in [0, 0.05) is 6.20 Å². The van der Waals surface area contributed by atoms with Crippen molar-refractivity contribution in [1.82, 2.24) is 14.8 Å². The molecule has 0 saturated heterocycles. The molecule has 0 saturated carbocycles. The Kier molecular flexibility index (Phi) is 1.86. The van der Waals surface area contributed by atoms with Gasteiger partial charge in [0.05, 0.1) is 11.1 Å². The Morgan fingerprint density at radius 2 is 1.88 bits per heavy atom. The normalized spacial score (nSPS) is 10.8. The van der Waals surface area contributed by atoms with Crippen LogP contribution >= 0.6 is 0 Å².